The maximum Gasteiger partial charge on any atom is 0.191 e. The zero-order valence-electron chi connectivity index (χ0n) is 18.3. The molecule has 1 atom stereocenters. The zero-order chi connectivity index (χ0) is 20.8. The number of benzene rings is 1. The van der Waals surface area contributed by atoms with Crippen LogP contribution in [0.3, 0.4) is 0 Å². The number of thiazole rings is 1. The molecular weight excluding hydrogens is 513 g/mol. The van der Waals surface area contributed by atoms with Crippen LogP contribution in [0.15, 0.2) is 28.6 Å². The fourth-order valence-electron chi connectivity index (χ4n) is 3.32. The van der Waals surface area contributed by atoms with Crippen molar-refractivity contribution in [1.29, 1.82) is 0 Å². The van der Waals surface area contributed by atoms with Crippen LogP contribution in [0.25, 0.3) is 0 Å². The molecule has 2 aromatic rings. The number of aromatic nitrogens is 1. The van der Waals surface area contributed by atoms with Gasteiger partial charge in [-0.3, -0.25) is 4.99 Å². The Morgan fingerprint density at radius 1 is 1.27 bits per heavy atom. The van der Waals surface area contributed by atoms with Gasteiger partial charge in [0.2, 0.25) is 0 Å². The highest BCUT2D eigenvalue weighted by atomic mass is 127. The number of aliphatic imine (C=N–C) groups is 1. The highest BCUT2D eigenvalue weighted by Crippen LogP contribution is 2.30. The Bertz CT molecular complexity index is 820. The van der Waals surface area contributed by atoms with Crippen LogP contribution in [0.4, 0.5) is 5.69 Å². The second-order valence-corrected chi connectivity index (χ2v) is 8.29. The van der Waals surface area contributed by atoms with E-state index in [1.807, 2.05) is 18.2 Å². The molecule has 0 bridgehead atoms. The van der Waals surface area contributed by atoms with Gasteiger partial charge >= 0.3 is 0 Å². The summed E-state index contributed by atoms with van der Waals surface area (Å²) in [5.74, 6) is 2.87. The maximum absolute atomic E-state index is 5.40. The Morgan fingerprint density at radius 3 is 2.53 bits per heavy atom. The van der Waals surface area contributed by atoms with Crippen LogP contribution in [-0.4, -0.2) is 51.3 Å². The number of anilines is 1. The molecule has 9 heteroatoms. The van der Waals surface area contributed by atoms with Crippen molar-refractivity contribution in [3.8, 4) is 11.5 Å². The van der Waals surface area contributed by atoms with Crippen molar-refractivity contribution in [2.75, 3.05) is 39.3 Å². The molecule has 1 unspecified atom stereocenters. The Balaban J connectivity index is 0.00000320. The molecule has 3 rings (SSSR count). The van der Waals surface area contributed by atoms with E-state index in [1.165, 1.54) is 5.01 Å². The predicted molar refractivity (Wildman–Crippen MR) is 135 cm³/mol. The monoisotopic (exact) mass is 545 g/mol. The van der Waals surface area contributed by atoms with Crippen LogP contribution in [0.2, 0.25) is 0 Å². The summed E-state index contributed by atoms with van der Waals surface area (Å²) in [6.45, 7) is 6.87. The quantitative estimate of drug-likeness (QED) is 0.313. The average Bonchev–Trinajstić information content (AvgIpc) is 3.40. The zero-order valence-corrected chi connectivity index (χ0v) is 21.4. The number of hydrogen-bond donors (Lipinski definition) is 2. The number of nitrogens with zero attached hydrogens (tertiary/aromatic N) is 3. The van der Waals surface area contributed by atoms with E-state index in [9.17, 15) is 0 Å². The standard InChI is InChI=1S/C21H31N5O2S.HI/c1-14(2)20-24-16(13-29-20)11-23-21(22-3)25-15-6-7-26(12-15)17-8-18(27-4)10-19(9-17)28-5;/h8-10,13-15H,6-7,11-12H2,1-5H3,(H2,22,23,25);1H. The minimum atomic E-state index is 0. The summed E-state index contributed by atoms with van der Waals surface area (Å²) in [5, 5.41) is 10.2. The first-order chi connectivity index (χ1) is 14.0. The van der Waals surface area contributed by atoms with E-state index >= 15 is 0 Å². The number of hydrogen-bond acceptors (Lipinski definition) is 6. The summed E-state index contributed by atoms with van der Waals surface area (Å²) in [7, 11) is 5.15. The van der Waals surface area contributed by atoms with Crippen LogP contribution >= 0.6 is 35.3 Å². The van der Waals surface area contributed by atoms with Crippen molar-refractivity contribution in [2.45, 2.75) is 38.8 Å². The smallest absolute Gasteiger partial charge is 0.191 e. The summed E-state index contributed by atoms with van der Waals surface area (Å²) in [6.07, 6.45) is 1.04. The third-order valence-corrected chi connectivity index (χ3v) is 6.15. The highest BCUT2D eigenvalue weighted by molar-refractivity contribution is 14.0. The molecule has 1 fully saturated rings. The molecule has 2 heterocycles. The van der Waals surface area contributed by atoms with E-state index in [0.717, 1.165) is 48.4 Å². The van der Waals surface area contributed by atoms with E-state index in [1.54, 1.807) is 32.6 Å². The number of halogens is 1. The second kappa shape index (κ2) is 11.6. The number of nitrogens with one attached hydrogen (secondary N) is 2. The first-order valence-electron chi connectivity index (χ1n) is 9.92. The molecule has 2 N–H and O–H groups in total. The molecule has 0 aliphatic carbocycles. The summed E-state index contributed by atoms with van der Waals surface area (Å²) in [4.78, 5) is 11.4. The van der Waals surface area contributed by atoms with E-state index < -0.39 is 0 Å². The van der Waals surface area contributed by atoms with E-state index in [4.69, 9.17) is 9.47 Å². The lowest BCUT2D eigenvalue weighted by atomic mass is 10.2. The van der Waals surface area contributed by atoms with Crippen molar-refractivity contribution in [3.63, 3.8) is 0 Å². The third kappa shape index (κ3) is 6.37. The first-order valence-corrected chi connectivity index (χ1v) is 10.8. The van der Waals surface area contributed by atoms with Crippen molar-refractivity contribution in [3.05, 3.63) is 34.3 Å². The van der Waals surface area contributed by atoms with Gasteiger partial charge in [-0.2, -0.15) is 0 Å². The summed E-state index contributed by atoms with van der Waals surface area (Å²) >= 11 is 1.72. The van der Waals surface area contributed by atoms with Gasteiger partial charge in [-0.15, -0.1) is 35.3 Å². The van der Waals surface area contributed by atoms with Gasteiger partial charge in [0.25, 0.3) is 0 Å². The van der Waals surface area contributed by atoms with Crippen molar-refractivity contribution in [1.82, 2.24) is 15.6 Å². The molecule has 1 aromatic heterocycles. The first kappa shape index (κ1) is 24.5. The molecule has 7 nitrogen and oxygen atoms in total. The highest BCUT2D eigenvalue weighted by Gasteiger charge is 2.24. The van der Waals surface area contributed by atoms with Gasteiger partial charge in [0.15, 0.2) is 5.96 Å². The van der Waals surface area contributed by atoms with Gasteiger partial charge in [0.1, 0.15) is 11.5 Å². The fourth-order valence-corrected chi connectivity index (χ4v) is 4.15. The lowest BCUT2D eigenvalue weighted by molar-refractivity contribution is 0.394. The summed E-state index contributed by atoms with van der Waals surface area (Å²) in [5.41, 5.74) is 2.16. The van der Waals surface area contributed by atoms with Crippen molar-refractivity contribution >= 4 is 47.0 Å². The van der Waals surface area contributed by atoms with Gasteiger partial charge in [-0.25, -0.2) is 4.98 Å². The van der Waals surface area contributed by atoms with Crippen LogP contribution in [0, 0.1) is 0 Å². The molecule has 1 aliphatic heterocycles. The molecule has 30 heavy (non-hydrogen) atoms. The van der Waals surface area contributed by atoms with Crippen LogP contribution in [0.1, 0.15) is 36.9 Å². The second-order valence-electron chi connectivity index (χ2n) is 7.40. The molecule has 1 saturated heterocycles. The van der Waals surface area contributed by atoms with Gasteiger partial charge in [-0.05, 0) is 6.42 Å². The van der Waals surface area contributed by atoms with Crippen LogP contribution < -0.4 is 25.0 Å². The minimum Gasteiger partial charge on any atom is -0.497 e. The molecule has 166 valence electrons. The summed E-state index contributed by atoms with van der Waals surface area (Å²) < 4.78 is 10.8. The number of rotatable bonds is 7. The Hall–Kier alpha value is -1.75. The average molecular weight is 545 g/mol. The van der Waals surface area contributed by atoms with Crippen LogP contribution in [-0.2, 0) is 6.54 Å². The normalized spacial score (nSPS) is 16.4. The third-order valence-electron chi connectivity index (χ3n) is 4.95. The molecule has 1 aromatic carbocycles. The topological polar surface area (TPSA) is 71.0 Å². The molecule has 0 saturated carbocycles. The van der Waals surface area contributed by atoms with Crippen LogP contribution in [0.5, 0.6) is 11.5 Å². The molecule has 0 amide bonds. The predicted octanol–water partition coefficient (Wildman–Crippen LogP) is 3.85. The van der Waals surface area contributed by atoms with Gasteiger partial charge in [-0.1, -0.05) is 13.8 Å². The van der Waals surface area contributed by atoms with Crippen molar-refractivity contribution in [2.24, 2.45) is 4.99 Å². The number of methoxy groups -OCH3 is 2. The largest absolute Gasteiger partial charge is 0.497 e. The lowest BCUT2D eigenvalue weighted by Gasteiger charge is -2.21. The number of guanidine groups is 1. The van der Waals surface area contributed by atoms with Gasteiger partial charge in [0, 0.05) is 61.4 Å². The fraction of sp³-hybridized carbons (Fsp3) is 0.524. The Kier molecular flexibility index (Phi) is 9.47. The Morgan fingerprint density at radius 2 is 1.97 bits per heavy atom. The summed E-state index contributed by atoms with van der Waals surface area (Å²) in [6, 6.07) is 6.31. The molecular formula is C21H32IN5O2S. The van der Waals surface area contributed by atoms with E-state index in [-0.39, 0.29) is 24.0 Å². The molecule has 0 radical (unpaired) electrons. The number of ether oxygens (including phenoxy) is 2. The minimum absolute atomic E-state index is 0. The molecule has 1 aliphatic rings. The maximum atomic E-state index is 5.40. The molecule has 0 spiro atoms. The lowest BCUT2D eigenvalue weighted by Crippen LogP contribution is -2.44. The van der Waals surface area contributed by atoms with Gasteiger partial charge < -0.3 is 25.0 Å². The Labute approximate surface area is 200 Å². The van der Waals surface area contributed by atoms with Crippen molar-refractivity contribution < 1.29 is 9.47 Å². The van der Waals surface area contributed by atoms with E-state index in [2.05, 4.69) is 44.7 Å². The van der Waals surface area contributed by atoms with Gasteiger partial charge in [0.05, 0.1) is 31.5 Å². The SMILES string of the molecule is CN=C(NCc1csc(C(C)C)n1)NC1CCN(c2cc(OC)cc(OC)c2)C1.I. The van der Waals surface area contributed by atoms with E-state index in [0.29, 0.717) is 18.5 Å².